The number of nitrogens with two attached hydrogens (primary N) is 1. The third kappa shape index (κ3) is 2.31. The number of nitrogens with zero attached hydrogens (tertiary/aromatic N) is 1. The van der Waals surface area contributed by atoms with Crippen LogP contribution in [-0.2, 0) is 4.79 Å². The highest BCUT2D eigenvalue weighted by atomic mass is 19.4. The normalized spacial score (nSPS) is 21.3. The molecule has 1 heterocycles. The summed E-state index contributed by atoms with van der Waals surface area (Å²) in [7, 11) is 0. The van der Waals surface area contributed by atoms with Crippen LogP contribution >= 0.6 is 0 Å². The smallest absolute Gasteiger partial charge is 0.337 e. The van der Waals surface area contributed by atoms with Gasteiger partial charge in [-0.05, 0) is 13.3 Å². The minimum atomic E-state index is -4.72. The Bertz CT molecular complexity index is 284. The fourth-order valence-corrected chi connectivity index (χ4v) is 1.28. The van der Waals surface area contributed by atoms with Crippen LogP contribution < -0.4 is 5.73 Å². The summed E-state index contributed by atoms with van der Waals surface area (Å²) in [5.74, 6) is -1.07. The van der Waals surface area contributed by atoms with E-state index in [1.165, 1.54) is 0 Å². The molecule has 0 aromatic heterocycles. The first-order valence-corrected chi connectivity index (χ1v) is 4.57. The summed E-state index contributed by atoms with van der Waals surface area (Å²) >= 11 is 0. The standard InChI is InChI=1S/C9H13F3N2O/c1-8(13,9(10,11)12)7(15)14-5-3-2-4-6-14/h2-3H,4-6,13H2,1H3. The van der Waals surface area contributed by atoms with Crippen LogP contribution in [0.4, 0.5) is 13.2 Å². The van der Waals surface area contributed by atoms with Gasteiger partial charge in [-0.3, -0.25) is 4.79 Å². The molecule has 0 aliphatic carbocycles. The van der Waals surface area contributed by atoms with Crippen molar-refractivity contribution < 1.29 is 18.0 Å². The Labute approximate surface area is 85.7 Å². The molecule has 0 fully saturated rings. The van der Waals surface area contributed by atoms with E-state index in [-0.39, 0.29) is 13.1 Å². The van der Waals surface area contributed by atoms with Gasteiger partial charge in [0.1, 0.15) is 0 Å². The van der Waals surface area contributed by atoms with Gasteiger partial charge in [-0.25, -0.2) is 0 Å². The van der Waals surface area contributed by atoms with E-state index in [1.807, 2.05) is 6.08 Å². The Morgan fingerprint density at radius 3 is 2.40 bits per heavy atom. The van der Waals surface area contributed by atoms with Gasteiger partial charge in [-0.2, -0.15) is 13.2 Å². The first kappa shape index (κ1) is 12.0. The van der Waals surface area contributed by atoms with Gasteiger partial charge in [0, 0.05) is 13.1 Å². The van der Waals surface area contributed by atoms with E-state index in [1.54, 1.807) is 6.08 Å². The number of rotatable bonds is 1. The molecule has 0 bridgehead atoms. The fourth-order valence-electron chi connectivity index (χ4n) is 1.28. The molecular weight excluding hydrogens is 209 g/mol. The molecule has 15 heavy (non-hydrogen) atoms. The average Bonchev–Trinajstić information content (AvgIpc) is 2.16. The van der Waals surface area contributed by atoms with Crippen molar-refractivity contribution in [1.29, 1.82) is 0 Å². The summed E-state index contributed by atoms with van der Waals surface area (Å²) in [6, 6.07) is 0. The lowest BCUT2D eigenvalue weighted by molar-refractivity contribution is -0.193. The number of carbonyl (C=O) groups is 1. The molecule has 0 spiro atoms. The Morgan fingerprint density at radius 2 is 2.00 bits per heavy atom. The van der Waals surface area contributed by atoms with E-state index in [2.05, 4.69) is 0 Å². The van der Waals surface area contributed by atoms with Crippen molar-refractivity contribution in [3.63, 3.8) is 0 Å². The second kappa shape index (κ2) is 3.84. The van der Waals surface area contributed by atoms with Crippen molar-refractivity contribution in [3.8, 4) is 0 Å². The van der Waals surface area contributed by atoms with Crippen LogP contribution in [0.2, 0.25) is 0 Å². The Morgan fingerprint density at radius 1 is 1.40 bits per heavy atom. The van der Waals surface area contributed by atoms with E-state index >= 15 is 0 Å². The summed E-state index contributed by atoms with van der Waals surface area (Å²) < 4.78 is 37.3. The van der Waals surface area contributed by atoms with Gasteiger partial charge in [-0.15, -0.1) is 0 Å². The van der Waals surface area contributed by atoms with Crippen LogP contribution in [-0.4, -0.2) is 35.6 Å². The van der Waals surface area contributed by atoms with E-state index in [0.29, 0.717) is 13.3 Å². The van der Waals surface area contributed by atoms with Gasteiger partial charge < -0.3 is 10.6 Å². The van der Waals surface area contributed by atoms with E-state index < -0.39 is 17.6 Å². The molecule has 0 aromatic rings. The largest absolute Gasteiger partial charge is 0.415 e. The molecule has 0 saturated carbocycles. The van der Waals surface area contributed by atoms with Gasteiger partial charge >= 0.3 is 6.18 Å². The zero-order valence-electron chi connectivity index (χ0n) is 8.34. The second-order valence-corrected chi connectivity index (χ2v) is 3.71. The van der Waals surface area contributed by atoms with Crippen molar-refractivity contribution >= 4 is 5.91 Å². The molecule has 6 heteroatoms. The lowest BCUT2D eigenvalue weighted by atomic mass is 10.0. The molecule has 1 amide bonds. The number of hydrogen-bond acceptors (Lipinski definition) is 2. The molecule has 1 rings (SSSR count). The third-order valence-corrected chi connectivity index (χ3v) is 2.38. The number of alkyl halides is 3. The molecule has 86 valence electrons. The first-order chi connectivity index (χ1) is 6.77. The van der Waals surface area contributed by atoms with E-state index in [9.17, 15) is 18.0 Å². The van der Waals surface area contributed by atoms with Crippen LogP contribution in [0.3, 0.4) is 0 Å². The zero-order chi connectivity index (χ0) is 11.7. The van der Waals surface area contributed by atoms with Crippen LogP contribution in [0.1, 0.15) is 13.3 Å². The predicted molar refractivity (Wildman–Crippen MR) is 49.0 cm³/mol. The SMILES string of the molecule is CC(N)(C(=O)N1CC=CCC1)C(F)(F)F. The van der Waals surface area contributed by atoms with Crippen molar-refractivity contribution in [2.45, 2.75) is 25.1 Å². The lowest BCUT2D eigenvalue weighted by Gasteiger charge is -2.33. The summed E-state index contributed by atoms with van der Waals surface area (Å²) in [6.07, 6.45) is -0.663. The minimum absolute atomic E-state index is 0.196. The predicted octanol–water partition coefficient (Wildman–Crippen LogP) is 1.05. The molecular formula is C9H13F3N2O. The number of carbonyl (C=O) groups excluding carboxylic acids is 1. The number of amides is 1. The van der Waals surface area contributed by atoms with E-state index in [4.69, 9.17) is 5.73 Å². The quantitative estimate of drug-likeness (QED) is 0.674. The summed E-state index contributed by atoms with van der Waals surface area (Å²) in [5, 5.41) is 0. The summed E-state index contributed by atoms with van der Waals surface area (Å²) in [6.45, 7) is 1.19. The minimum Gasteiger partial charge on any atom is -0.337 e. The molecule has 0 aromatic carbocycles. The van der Waals surface area contributed by atoms with Crippen LogP contribution in [0.25, 0.3) is 0 Å². The molecule has 2 N–H and O–H groups in total. The average molecular weight is 222 g/mol. The van der Waals surface area contributed by atoms with Gasteiger partial charge in [-0.1, -0.05) is 12.2 Å². The highest BCUT2D eigenvalue weighted by molar-refractivity contribution is 5.87. The maximum atomic E-state index is 12.4. The van der Waals surface area contributed by atoms with E-state index in [0.717, 1.165) is 4.90 Å². The number of halogens is 3. The molecule has 3 nitrogen and oxygen atoms in total. The summed E-state index contributed by atoms with van der Waals surface area (Å²) in [4.78, 5) is 12.6. The second-order valence-electron chi connectivity index (χ2n) is 3.71. The highest BCUT2D eigenvalue weighted by Gasteiger charge is 2.55. The molecule has 1 aliphatic heterocycles. The maximum absolute atomic E-state index is 12.4. The van der Waals surface area contributed by atoms with Crippen molar-refractivity contribution in [3.05, 3.63) is 12.2 Å². The summed E-state index contributed by atoms with van der Waals surface area (Å²) in [5.41, 5.74) is 2.23. The van der Waals surface area contributed by atoms with Gasteiger partial charge in [0.2, 0.25) is 0 Å². The van der Waals surface area contributed by atoms with Gasteiger partial charge in [0.25, 0.3) is 5.91 Å². The maximum Gasteiger partial charge on any atom is 0.415 e. The fraction of sp³-hybridized carbons (Fsp3) is 0.667. The highest BCUT2D eigenvalue weighted by Crippen LogP contribution is 2.29. The van der Waals surface area contributed by atoms with Crippen LogP contribution in [0.5, 0.6) is 0 Å². The van der Waals surface area contributed by atoms with Crippen LogP contribution in [0, 0.1) is 0 Å². The Balaban J connectivity index is 2.79. The van der Waals surface area contributed by atoms with Crippen molar-refractivity contribution in [1.82, 2.24) is 4.90 Å². The van der Waals surface area contributed by atoms with Crippen molar-refractivity contribution in [2.75, 3.05) is 13.1 Å². The molecule has 1 unspecified atom stereocenters. The third-order valence-electron chi connectivity index (χ3n) is 2.38. The monoisotopic (exact) mass is 222 g/mol. The Hall–Kier alpha value is -1.04. The van der Waals surface area contributed by atoms with Gasteiger partial charge in [0.15, 0.2) is 5.54 Å². The molecule has 1 aliphatic rings. The van der Waals surface area contributed by atoms with Crippen molar-refractivity contribution in [2.24, 2.45) is 5.73 Å². The molecule has 0 saturated heterocycles. The lowest BCUT2D eigenvalue weighted by Crippen LogP contribution is -2.62. The van der Waals surface area contributed by atoms with Crippen LogP contribution in [0.15, 0.2) is 12.2 Å². The Kier molecular flexibility index (Phi) is 3.08. The first-order valence-electron chi connectivity index (χ1n) is 4.57. The zero-order valence-corrected chi connectivity index (χ0v) is 8.34. The molecule has 1 atom stereocenters. The topological polar surface area (TPSA) is 46.3 Å². The number of hydrogen-bond donors (Lipinski definition) is 1. The van der Waals surface area contributed by atoms with Gasteiger partial charge in [0.05, 0.1) is 0 Å². The molecule has 0 radical (unpaired) electrons.